The topological polar surface area (TPSA) is 102 Å². The summed E-state index contributed by atoms with van der Waals surface area (Å²) in [6, 6.07) is 9.01. The van der Waals surface area contributed by atoms with Crippen LogP contribution in [0.1, 0.15) is 18.0 Å². The summed E-state index contributed by atoms with van der Waals surface area (Å²) in [4.78, 5) is 21.7. The summed E-state index contributed by atoms with van der Waals surface area (Å²) in [6.45, 7) is 0.0750. The van der Waals surface area contributed by atoms with Crippen LogP contribution in [0.5, 0.6) is 0 Å². The number of nitrogens with two attached hydrogens (primary N) is 1. The number of amides is 1. The maximum absolute atomic E-state index is 11.6. The Labute approximate surface area is 111 Å². The van der Waals surface area contributed by atoms with Gasteiger partial charge in [-0.25, -0.2) is 4.79 Å². The van der Waals surface area contributed by atoms with Crippen molar-refractivity contribution in [3.8, 4) is 0 Å². The Morgan fingerprint density at radius 2 is 2.00 bits per heavy atom. The van der Waals surface area contributed by atoms with Gasteiger partial charge in [0.25, 0.3) is 0 Å². The third kappa shape index (κ3) is 6.54. The van der Waals surface area contributed by atoms with Crippen LogP contribution < -0.4 is 11.1 Å². The van der Waals surface area contributed by atoms with Crippen LogP contribution in [0.3, 0.4) is 0 Å². The van der Waals surface area contributed by atoms with Gasteiger partial charge in [-0.2, -0.15) is 0 Å². The fraction of sp³-hybridized carbons (Fsp3) is 0.385. The molecule has 0 spiro atoms. The highest BCUT2D eigenvalue weighted by atomic mass is 16.5. The standard InChI is InChI=1S/C13H18N2O4/c14-11(10-4-2-1-3-5-10)8-12(16)15-6-7-19-9-13(17)18/h1-5,11H,6-9,14H2,(H,15,16)(H,17,18). The van der Waals surface area contributed by atoms with E-state index in [0.717, 1.165) is 5.56 Å². The van der Waals surface area contributed by atoms with Crippen molar-refractivity contribution in [2.75, 3.05) is 19.8 Å². The largest absolute Gasteiger partial charge is 0.480 e. The zero-order valence-corrected chi connectivity index (χ0v) is 10.5. The number of aliphatic carboxylic acids is 1. The van der Waals surface area contributed by atoms with E-state index < -0.39 is 5.97 Å². The van der Waals surface area contributed by atoms with Gasteiger partial charge in [0.2, 0.25) is 5.91 Å². The quantitative estimate of drug-likeness (QED) is 0.587. The Kier molecular flexibility index (Phi) is 6.56. The van der Waals surface area contributed by atoms with Gasteiger partial charge in [0.15, 0.2) is 0 Å². The number of hydrogen-bond acceptors (Lipinski definition) is 4. The number of carboxylic acids is 1. The van der Waals surface area contributed by atoms with Crippen molar-refractivity contribution in [3.63, 3.8) is 0 Å². The van der Waals surface area contributed by atoms with E-state index in [1.54, 1.807) is 0 Å². The summed E-state index contributed by atoms with van der Waals surface area (Å²) in [6.07, 6.45) is 0.183. The third-order valence-corrected chi connectivity index (χ3v) is 2.43. The first kappa shape index (κ1) is 15.1. The predicted molar refractivity (Wildman–Crippen MR) is 69.5 cm³/mol. The molecular formula is C13H18N2O4. The average Bonchev–Trinajstić information content (AvgIpc) is 2.39. The van der Waals surface area contributed by atoms with Gasteiger partial charge in [-0.15, -0.1) is 0 Å². The maximum Gasteiger partial charge on any atom is 0.329 e. The number of nitrogens with one attached hydrogen (secondary N) is 1. The second-order valence-electron chi connectivity index (χ2n) is 4.02. The molecule has 1 aromatic rings. The molecule has 0 saturated carbocycles. The lowest BCUT2D eigenvalue weighted by molar-refractivity contribution is -0.142. The number of benzene rings is 1. The number of rotatable bonds is 8. The lowest BCUT2D eigenvalue weighted by Crippen LogP contribution is -2.30. The van der Waals surface area contributed by atoms with E-state index in [0.29, 0.717) is 0 Å². The first-order valence-electron chi connectivity index (χ1n) is 5.96. The van der Waals surface area contributed by atoms with Crippen LogP contribution in [-0.4, -0.2) is 36.7 Å². The van der Waals surface area contributed by atoms with Crippen LogP contribution in [0.25, 0.3) is 0 Å². The maximum atomic E-state index is 11.6. The summed E-state index contributed by atoms with van der Waals surface area (Å²) < 4.78 is 4.79. The molecule has 1 atom stereocenters. The van der Waals surface area contributed by atoms with E-state index >= 15 is 0 Å². The molecule has 6 heteroatoms. The van der Waals surface area contributed by atoms with Gasteiger partial charge in [-0.3, -0.25) is 4.79 Å². The summed E-state index contributed by atoms with van der Waals surface area (Å²) in [5, 5.41) is 11.0. The number of hydrogen-bond donors (Lipinski definition) is 3. The smallest absolute Gasteiger partial charge is 0.329 e. The lowest BCUT2D eigenvalue weighted by Gasteiger charge is -2.12. The van der Waals surface area contributed by atoms with E-state index in [2.05, 4.69) is 5.32 Å². The molecule has 0 saturated heterocycles. The first-order valence-corrected chi connectivity index (χ1v) is 5.96. The van der Waals surface area contributed by atoms with Gasteiger partial charge in [-0.05, 0) is 5.56 Å². The van der Waals surface area contributed by atoms with Crippen molar-refractivity contribution in [1.29, 1.82) is 0 Å². The molecule has 4 N–H and O–H groups in total. The fourth-order valence-electron chi connectivity index (χ4n) is 1.51. The van der Waals surface area contributed by atoms with E-state index in [9.17, 15) is 9.59 Å². The normalized spacial score (nSPS) is 11.8. The molecule has 1 amide bonds. The van der Waals surface area contributed by atoms with Crippen molar-refractivity contribution in [1.82, 2.24) is 5.32 Å². The SMILES string of the molecule is NC(CC(=O)NCCOCC(=O)O)c1ccccc1. The Hall–Kier alpha value is -1.92. The molecule has 0 aliphatic heterocycles. The van der Waals surface area contributed by atoms with Gasteiger partial charge in [0.05, 0.1) is 6.61 Å². The minimum atomic E-state index is -1.03. The van der Waals surface area contributed by atoms with Crippen LogP contribution in [0.2, 0.25) is 0 Å². The monoisotopic (exact) mass is 266 g/mol. The molecular weight excluding hydrogens is 248 g/mol. The van der Waals surface area contributed by atoms with E-state index in [1.165, 1.54) is 0 Å². The van der Waals surface area contributed by atoms with Gasteiger partial charge < -0.3 is 20.9 Å². The molecule has 0 fully saturated rings. The molecule has 0 aliphatic carbocycles. The van der Waals surface area contributed by atoms with Crippen LogP contribution >= 0.6 is 0 Å². The predicted octanol–water partition coefficient (Wildman–Crippen LogP) is 0.294. The van der Waals surface area contributed by atoms with Gasteiger partial charge in [0, 0.05) is 19.0 Å². The molecule has 0 aliphatic rings. The van der Waals surface area contributed by atoms with Crippen molar-refractivity contribution >= 4 is 11.9 Å². The van der Waals surface area contributed by atoms with Crippen molar-refractivity contribution in [3.05, 3.63) is 35.9 Å². The number of ether oxygens (including phenoxy) is 1. The Balaban J connectivity index is 2.19. The summed E-state index contributed by atoms with van der Waals surface area (Å²) in [7, 11) is 0. The summed E-state index contributed by atoms with van der Waals surface area (Å²) >= 11 is 0. The molecule has 1 rings (SSSR count). The van der Waals surface area contributed by atoms with Gasteiger partial charge in [0.1, 0.15) is 6.61 Å². The van der Waals surface area contributed by atoms with E-state index in [1.807, 2.05) is 30.3 Å². The van der Waals surface area contributed by atoms with Gasteiger partial charge >= 0.3 is 5.97 Å². The second-order valence-corrected chi connectivity index (χ2v) is 4.02. The highest BCUT2D eigenvalue weighted by Gasteiger charge is 2.10. The minimum absolute atomic E-state index is 0.165. The summed E-state index contributed by atoms with van der Waals surface area (Å²) in [5.41, 5.74) is 6.80. The zero-order chi connectivity index (χ0) is 14.1. The minimum Gasteiger partial charge on any atom is -0.480 e. The molecule has 0 radical (unpaired) electrons. The van der Waals surface area contributed by atoms with Gasteiger partial charge in [-0.1, -0.05) is 30.3 Å². The van der Waals surface area contributed by atoms with Crippen LogP contribution in [0.4, 0.5) is 0 Å². The first-order chi connectivity index (χ1) is 9.09. The Morgan fingerprint density at radius 3 is 2.63 bits per heavy atom. The molecule has 1 unspecified atom stereocenters. The third-order valence-electron chi connectivity index (χ3n) is 2.43. The molecule has 0 bridgehead atoms. The number of carbonyl (C=O) groups excluding carboxylic acids is 1. The highest BCUT2D eigenvalue weighted by molar-refractivity contribution is 5.76. The van der Waals surface area contributed by atoms with Crippen LogP contribution in [0.15, 0.2) is 30.3 Å². The Morgan fingerprint density at radius 1 is 1.32 bits per heavy atom. The van der Waals surface area contributed by atoms with Crippen LogP contribution in [-0.2, 0) is 14.3 Å². The highest BCUT2D eigenvalue weighted by Crippen LogP contribution is 2.12. The zero-order valence-electron chi connectivity index (χ0n) is 10.5. The number of carbonyl (C=O) groups is 2. The molecule has 19 heavy (non-hydrogen) atoms. The average molecular weight is 266 g/mol. The molecule has 6 nitrogen and oxygen atoms in total. The van der Waals surface area contributed by atoms with E-state index in [4.69, 9.17) is 15.6 Å². The van der Waals surface area contributed by atoms with Crippen molar-refractivity contribution in [2.45, 2.75) is 12.5 Å². The second kappa shape index (κ2) is 8.23. The van der Waals surface area contributed by atoms with E-state index in [-0.39, 0.29) is 38.1 Å². The molecule has 1 aromatic carbocycles. The van der Waals surface area contributed by atoms with Crippen molar-refractivity contribution < 1.29 is 19.4 Å². The van der Waals surface area contributed by atoms with Crippen molar-refractivity contribution in [2.24, 2.45) is 5.73 Å². The lowest BCUT2D eigenvalue weighted by atomic mass is 10.0. The molecule has 0 aromatic heterocycles. The Bertz CT molecular complexity index is 408. The fourth-order valence-corrected chi connectivity index (χ4v) is 1.51. The molecule has 0 heterocycles. The number of carboxylic acid groups (broad SMARTS) is 1. The van der Waals surface area contributed by atoms with Crippen LogP contribution in [0, 0.1) is 0 Å². The summed E-state index contributed by atoms with van der Waals surface area (Å²) in [5.74, 6) is -1.22. The molecule has 104 valence electrons.